The van der Waals surface area contributed by atoms with Crippen LogP contribution in [0.25, 0.3) is 0 Å². The second-order valence-corrected chi connectivity index (χ2v) is 4.32. The summed E-state index contributed by atoms with van der Waals surface area (Å²) in [5, 5.41) is 0. The maximum absolute atomic E-state index is 12.6. The van der Waals surface area contributed by atoms with Crippen LogP contribution < -0.4 is 4.90 Å². The Hall–Kier alpha value is -1.23. The van der Waals surface area contributed by atoms with E-state index in [0.717, 1.165) is 4.90 Å². The van der Waals surface area contributed by atoms with Gasteiger partial charge in [-0.1, -0.05) is 15.9 Å². The average Bonchev–Trinajstić information content (AvgIpc) is 2.44. The van der Waals surface area contributed by atoms with Crippen molar-refractivity contribution >= 4 is 33.4 Å². The molecule has 5 heteroatoms. The van der Waals surface area contributed by atoms with Gasteiger partial charge in [0.05, 0.1) is 5.69 Å². The summed E-state index contributed by atoms with van der Waals surface area (Å²) in [6.07, 6.45) is 0.149. The highest BCUT2D eigenvalue weighted by Gasteiger charge is 2.37. The van der Waals surface area contributed by atoms with Crippen molar-refractivity contribution in [3.05, 3.63) is 30.1 Å². The Balaban J connectivity index is 2.35. The smallest absolute Gasteiger partial charge is 0.248 e. The topological polar surface area (TPSA) is 37.4 Å². The molecular formula is C10H7BrFNO2. The molecule has 0 N–H and O–H groups in total. The molecule has 1 aromatic carbocycles. The monoisotopic (exact) mass is 271 g/mol. The van der Waals surface area contributed by atoms with Crippen LogP contribution in [0.4, 0.5) is 10.1 Å². The Morgan fingerprint density at radius 2 is 1.87 bits per heavy atom. The minimum atomic E-state index is -0.463. The van der Waals surface area contributed by atoms with E-state index < -0.39 is 10.6 Å². The molecule has 3 nitrogen and oxygen atoms in total. The molecule has 1 heterocycles. The lowest BCUT2D eigenvalue weighted by Crippen LogP contribution is -2.30. The lowest BCUT2D eigenvalue weighted by Gasteiger charge is -2.13. The molecule has 0 spiro atoms. The number of anilines is 1. The maximum Gasteiger partial charge on any atom is 0.248 e. The van der Waals surface area contributed by atoms with Crippen molar-refractivity contribution in [3.63, 3.8) is 0 Å². The molecule has 0 aliphatic carbocycles. The molecule has 0 radical (unpaired) electrons. The van der Waals surface area contributed by atoms with E-state index in [1.807, 2.05) is 0 Å². The summed E-state index contributed by atoms with van der Waals surface area (Å²) in [7, 11) is 0. The third-order valence-electron chi connectivity index (χ3n) is 2.18. The summed E-state index contributed by atoms with van der Waals surface area (Å²) in [4.78, 5) is 23.6. The maximum atomic E-state index is 12.6. The largest absolute Gasteiger partial charge is 0.274 e. The molecule has 0 aromatic heterocycles. The van der Waals surface area contributed by atoms with Crippen molar-refractivity contribution in [3.8, 4) is 0 Å². The van der Waals surface area contributed by atoms with Gasteiger partial charge in [0, 0.05) is 6.42 Å². The molecule has 1 aromatic rings. The molecule has 0 saturated carbocycles. The molecule has 1 aliphatic rings. The number of hydrogen-bond donors (Lipinski definition) is 0. The first-order valence-corrected chi connectivity index (χ1v) is 5.27. The van der Waals surface area contributed by atoms with E-state index in [-0.39, 0.29) is 18.2 Å². The number of hydrogen-bond acceptors (Lipinski definition) is 2. The van der Waals surface area contributed by atoms with E-state index in [1.54, 1.807) is 0 Å². The number of benzene rings is 1. The number of rotatable bonds is 1. The Labute approximate surface area is 94.0 Å². The molecular weight excluding hydrogens is 265 g/mol. The van der Waals surface area contributed by atoms with Crippen LogP contribution in [0.2, 0.25) is 0 Å². The number of imide groups is 1. The van der Waals surface area contributed by atoms with E-state index in [1.165, 1.54) is 24.3 Å². The molecule has 0 bridgehead atoms. The van der Waals surface area contributed by atoms with Crippen molar-refractivity contribution in [1.29, 1.82) is 0 Å². The Bertz CT molecular complexity index is 418. The highest BCUT2D eigenvalue weighted by Crippen LogP contribution is 2.26. The van der Waals surface area contributed by atoms with E-state index >= 15 is 0 Å². The van der Waals surface area contributed by atoms with E-state index in [4.69, 9.17) is 0 Å². The summed E-state index contributed by atoms with van der Waals surface area (Å²) in [5.74, 6) is -0.965. The van der Waals surface area contributed by atoms with Crippen LogP contribution in [0.1, 0.15) is 6.42 Å². The van der Waals surface area contributed by atoms with Crippen molar-refractivity contribution < 1.29 is 14.0 Å². The van der Waals surface area contributed by atoms with Gasteiger partial charge in [0.15, 0.2) is 0 Å². The number of amides is 2. The van der Waals surface area contributed by atoms with Gasteiger partial charge < -0.3 is 0 Å². The highest BCUT2D eigenvalue weighted by atomic mass is 79.9. The summed E-state index contributed by atoms with van der Waals surface area (Å²) in [6.45, 7) is 0. The van der Waals surface area contributed by atoms with Gasteiger partial charge in [0.2, 0.25) is 11.8 Å². The molecule has 1 unspecified atom stereocenters. The Kier molecular flexibility index (Phi) is 2.56. The Morgan fingerprint density at radius 3 is 2.33 bits per heavy atom. The highest BCUT2D eigenvalue weighted by molar-refractivity contribution is 9.10. The van der Waals surface area contributed by atoms with Crippen LogP contribution in [-0.4, -0.2) is 16.6 Å². The number of nitrogens with zero attached hydrogens (tertiary/aromatic N) is 1. The van der Waals surface area contributed by atoms with Gasteiger partial charge >= 0.3 is 0 Å². The molecule has 1 atom stereocenters. The van der Waals surface area contributed by atoms with Gasteiger partial charge in [-0.05, 0) is 24.3 Å². The molecule has 2 rings (SSSR count). The predicted octanol–water partition coefficient (Wildman–Crippen LogP) is 1.85. The van der Waals surface area contributed by atoms with Crippen LogP contribution in [0.5, 0.6) is 0 Å². The zero-order valence-corrected chi connectivity index (χ0v) is 9.20. The third-order valence-corrected chi connectivity index (χ3v) is 2.89. The first-order valence-electron chi connectivity index (χ1n) is 4.36. The van der Waals surface area contributed by atoms with Crippen LogP contribution >= 0.6 is 15.9 Å². The van der Waals surface area contributed by atoms with Crippen molar-refractivity contribution in [1.82, 2.24) is 0 Å². The van der Waals surface area contributed by atoms with Gasteiger partial charge in [-0.3, -0.25) is 9.59 Å². The van der Waals surface area contributed by atoms with Gasteiger partial charge in [-0.15, -0.1) is 0 Å². The lowest BCUT2D eigenvalue weighted by molar-refractivity contribution is -0.121. The Morgan fingerprint density at radius 1 is 1.27 bits per heavy atom. The zero-order valence-electron chi connectivity index (χ0n) is 7.61. The van der Waals surface area contributed by atoms with Crippen LogP contribution in [0, 0.1) is 5.82 Å². The summed E-state index contributed by atoms with van der Waals surface area (Å²) in [6, 6.07) is 5.27. The van der Waals surface area contributed by atoms with Crippen LogP contribution in [0.3, 0.4) is 0 Å². The zero-order chi connectivity index (χ0) is 11.0. The fourth-order valence-corrected chi connectivity index (χ4v) is 1.94. The normalized spacial score (nSPS) is 21.2. The molecule has 15 heavy (non-hydrogen) atoms. The first-order chi connectivity index (χ1) is 7.09. The molecule has 1 saturated heterocycles. The molecule has 1 aliphatic heterocycles. The average molecular weight is 272 g/mol. The molecule has 2 amide bonds. The quantitative estimate of drug-likeness (QED) is 0.578. The summed E-state index contributed by atoms with van der Waals surface area (Å²) < 4.78 is 12.6. The second-order valence-electron chi connectivity index (χ2n) is 3.22. The lowest BCUT2D eigenvalue weighted by atomic mass is 10.3. The first kappa shape index (κ1) is 10.3. The summed E-state index contributed by atoms with van der Waals surface area (Å²) >= 11 is 3.11. The number of carbonyl (C=O) groups is 2. The molecule has 78 valence electrons. The fraction of sp³-hybridized carbons (Fsp3) is 0.200. The summed E-state index contributed by atoms with van der Waals surface area (Å²) in [5.41, 5.74) is 0.411. The van der Waals surface area contributed by atoms with Crippen molar-refractivity contribution in [2.75, 3.05) is 4.90 Å². The number of carbonyl (C=O) groups excluding carboxylic acids is 2. The van der Waals surface area contributed by atoms with Gasteiger partial charge in [0.25, 0.3) is 0 Å². The van der Waals surface area contributed by atoms with E-state index in [0.29, 0.717) is 5.69 Å². The predicted molar refractivity (Wildman–Crippen MR) is 56.2 cm³/mol. The minimum absolute atomic E-state index is 0.149. The SMILES string of the molecule is O=C1CC(Br)C(=O)N1c1ccc(F)cc1. The fourth-order valence-electron chi connectivity index (χ4n) is 1.46. The number of alkyl halides is 1. The van der Waals surface area contributed by atoms with Gasteiger partial charge in [-0.25, -0.2) is 9.29 Å². The van der Waals surface area contributed by atoms with Gasteiger partial charge in [-0.2, -0.15) is 0 Å². The van der Waals surface area contributed by atoms with Gasteiger partial charge in [0.1, 0.15) is 10.6 Å². The van der Waals surface area contributed by atoms with E-state index in [2.05, 4.69) is 15.9 Å². The molecule has 1 fully saturated rings. The van der Waals surface area contributed by atoms with Crippen LogP contribution in [0.15, 0.2) is 24.3 Å². The third kappa shape index (κ3) is 1.79. The van der Waals surface area contributed by atoms with Crippen molar-refractivity contribution in [2.24, 2.45) is 0 Å². The number of halogens is 2. The van der Waals surface area contributed by atoms with Crippen molar-refractivity contribution in [2.45, 2.75) is 11.2 Å². The minimum Gasteiger partial charge on any atom is -0.274 e. The van der Waals surface area contributed by atoms with E-state index in [9.17, 15) is 14.0 Å². The van der Waals surface area contributed by atoms with Crippen LogP contribution in [-0.2, 0) is 9.59 Å². The second kappa shape index (κ2) is 3.73. The standard InChI is InChI=1S/C10H7BrFNO2/c11-8-5-9(14)13(10(8)15)7-3-1-6(12)2-4-7/h1-4,8H,5H2.